The molecule has 0 aliphatic heterocycles. The number of nitro benzene ring substituents is 1. The molecule has 5 rings (SSSR count). The molecule has 3 fully saturated rings. The van der Waals surface area contributed by atoms with Crippen LogP contribution in [0, 0.1) is 63.4 Å². The standard InChI is InChI=1S/C35H51NO4/c1-22(2)8-7-9-23(3)30-14-15-31-29-12-10-25-21-27(16-18-34(25,5)32(29)17-19-35(30,31)6)40-33(37)28-13-11-26(36(38)39)20-24(28)4/h10-11,13,20,22-23,27,29-32H,7-9,12,14-19,21H2,1-6H3. The molecule has 1 aromatic rings. The summed E-state index contributed by atoms with van der Waals surface area (Å²) in [6.07, 6.45) is 16.1. The van der Waals surface area contributed by atoms with Crippen molar-refractivity contribution < 1.29 is 14.5 Å². The van der Waals surface area contributed by atoms with Crippen LogP contribution in [0.15, 0.2) is 29.8 Å². The molecule has 0 N–H and O–H groups in total. The number of fused-ring (bicyclic) bond motifs is 5. The minimum atomic E-state index is -0.430. The predicted octanol–water partition coefficient (Wildman–Crippen LogP) is 9.47. The second kappa shape index (κ2) is 11.2. The Morgan fingerprint density at radius 2 is 1.85 bits per heavy atom. The molecule has 0 aromatic heterocycles. The number of carbonyl (C=O) groups excluding carboxylic acids is 1. The molecule has 0 spiro atoms. The zero-order chi connectivity index (χ0) is 28.8. The van der Waals surface area contributed by atoms with Gasteiger partial charge in [0.2, 0.25) is 0 Å². The summed E-state index contributed by atoms with van der Waals surface area (Å²) < 4.78 is 6.01. The lowest BCUT2D eigenvalue weighted by Gasteiger charge is -2.58. The van der Waals surface area contributed by atoms with Gasteiger partial charge >= 0.3 is 5.97 Å². The number of hydrogen-bond acceptors (Lipinski definition) is 4. The number of allylic oxidation sites excluding steroid dienone is 1. The molecule has 1 aromatic carbocycles. The van der Waals surface area contributed by atoms with Crippen LogP contribution in [0.5, 0.6) is 0 Å². The van der Waals surface area contributed by atoms with Crippen LogP contribution in [0.25, 0.3) is 0 Å². The second-order valence-corrected chi connectivity index (χ2v) is 14.8. The monoisotopic (exact) mass is 549 g/mol. The molecule has 0 bridgehead atoms. The molecular weight excluding hydrogens is 498 g/mol. The van der Waals surface area contributed by atoms with Gasteiger partial charge in [-0.3, -0.25) is 10.1 Å². The molecule has 4 aliphatic rings. The Bertz CT molecular complexity index is 1160. The third-order valence-electron chi connectivity index (χ3n) is 12.2. The average Bonchev–Trinajstić information content (AvgIpc) is 3.25. The SMILES string of the molecule is Cc1cc([N+](=O)[O-])ccc1C(=O)OC1CCC2(C)C(=CCC3C2CCC2(C)C(C(C)CCCC(C)C)CCC32)C1. The number of ether oxygens (including phenoxy) is 1. The smallest absolute Gasteiger partial charge is 0.338 e. The molecular formula is C35H51NO4. The summed E-state index contributed by atoms with van der Waals surface area (Å²) in [6, 6.07) is 4.38. The van der Waals surface area contributed by atoms with E-state index < -0.39 is 4.92 Å². The molecule has 4 aliphatic carbocycles. The fourth-order valence-corrected chi connectivity index (χ4v) is 9.96. The molecule has 8 atom stereocenters. The molecule has 0 radical (unpaired) electrons. The van der Waals surface area contributed by atoms with E-state index in [1.807, 2.05) is 0 Å². The normalized spacial score (nSPS) is 35.8. The largest absolute Gasteiger partial charge is 0.458 e. The fraction of sp³-hybridized carbons (Fsp3) is 0.743. The van der Waals surface area contributed by atoms with Crippen LogP contribution in [0.3, 0.4) is 0 Å². The van der Waals surface area contributed by atoms with Crippen molar-refractivity contribution in [1.29, 1.82) is 0 Å². The van der Waals surface area contributed by atoms with Crippen LogP contribution in [0.2, 0.25) is 0 Å². The summed E-state index contributed by atoms with van der Waals surface area (Å²) in [5, 5.41) is 11.1. The number of rotatable bonds is 8. The van der Waals surface area contributed by atoms with Crippen molar-refractivity contribution in [2.45, 2.75) is 118 Å². The highest BCUT2D eigenvalue weighted by Crippen LogP contribution is 2.67. The molecule has 220 valence electrons. The van der Waals surface area contributed by atoms with Crippen LogP contribution >= 0.6 is 0 Å². The Morgan fingerprint density at radius 1 is 1.07 bits per heavy atom. The van der Waals surface area contributed by atoms with Crippen LogP contribution in [0.4, 0.5) is 5.69 Å². The highest BCUT2D eigenvalue weighted by molar-refractivity contribution is 5.91. The van der Waals surface area contributed by atoms with Gasteiger partial charge in [0.25, 0.3) is 5.69 Å². The summed E-state index contributed by atoms with van der Waals surface area (Å²) in [4.78, 5) is 23.7. The number of non-ortho nitro benzene ring substituents is 1. The average molecular weight is 550 g/mol. The first-order valence-corrected chi connectivity index (χ1v) is 16.1. The fourth-order valence-electron chi connectivity index (χ4n) is 9.96. The van der Waals surface area contributed by atoms with Gasteiger partial charge in [0, 0.05) is 18.6 Å². The summed E-state index contributed by atoms with van der Waals surface area (Å²) in [5.41, 5.74) is 3.25. The Kier molecular flexibility index (Phi) is 8.25. The first-order chi connectivity index (χ1) is 18.9. The van der Waals surface area contributed by atoms with Crippen LogP contribution in [-0.4, -0.2) is 17.0 Å². The summed E-state index contributed by atoms with van der Waals surface area (Å²) in [6.45, 7) is 14.2. The number of nitrogens with zero attached hydrogens (tertiary/aromatic N) is 1. The lowest BCUT2D eigenvalue weighted by atomic mass is 9.47. The molecule has 40 heavy (non-hydrogen) atoms. The van der Waals surface area contributed by atoms with Crippen molar-refractivity contribution in [2.24, 2.45) is 46.3 Å². The first-order valence-electron chi connectivity index (χ1n) is 16.1. The molecule has 3 saturated carbocycles. The van der Waals surface area contributed by atoms with E-state index in [4.69, 9.17) is 4.74 Å². The van der Waals surface area contributed by atoms with Gasteiger partial charge in [0.1, 0.15) is 6.10 Å². The van der Waals surface area contributed by atoms with Gasteiger partial charge in [-0.2, -0.15) is 0 Å². The van der Waals surface area contributed by atoms with Gasteiger partial charge < -0.3 is 4.74 Å². The van der Waals surface area contributed by atoms with Crippen molar-refractivity contribution >= 4 is 11.7 Å². The molecule has 0 heterocycles. The number of carbonyl (C=O) groups is 1. The highest BCUT2D eigenvalue weighted by Gasteiger charge is 2.59. The van der Waals surface area contributed by atoms with E-state index >= 15 is 0 Å². The minimum Gasteiger partial charge on any atom is -0.458 e. The van der Waals surface area contributed by atoms with Crippen molar-refractivity contribution in [3.8, 4) is 0 Å². The van der Waals surface area contributed by atoms with E-state index in [9.17, 15) is 14.9 Å². The Balaban J connectivity index is 1.25. The highest BCUT2D eigenvalue weighted by atomic mass is 16.6. The first kappa shape index (κ1) is 29.3. The molecule has 0 saturated heterocycles. The van der Waals surface area contributed by atoms with E-state index in [0.29, 0.717) is 16.5 Å². The molecule has 5 nitrogen and oxygen atoms in total. The summed E-state index contributed by atoms with van der Waals surface area (Å²) in [5.74, 6) is 4.55. The number of aryl methyl sites for hydroxylation is 1. The minimum absolute atomic E-state index is 0.00199. The van der Waals surface area contributed by atoms with E-state index in [-0.39, 0.29) is 23.2 Å². The van der Waals surface area contributed by atoms with Crippen LogP contribution < -0.4 is 0 Å². The number of nitro groups is 1. The van der Waals surface area contributed by atoms with Gasteiger partial charge in [-0.15, -0.1) is 0 Å². The lowest BCUT2D eigenvalue weighted by Crippen LogP contribution is -2.51. The van der Waals surface area contributed by atoms with Crippen LogP contribution in [-0.2, 0) is 4.74 Å². The third-order valence-corrected chi connectivity index (χ3v) is 12.2. The Morgan fingerprint density at radius 3 is 2.55 bits per heavy atom. The Labute approximate surface area is 241 Å². The van der Waals surface area contributed by atoms with Gasteiger partial charge in [-0.1, -0.05) is 65.5 Å². The quantitative estimate of drug-likeness (QED) is 0.140. The maximum Gasteiger partial charge on any atom is 0.338 e. The maximum absolute atomic E-state index is 13.0. The van der Waals surface area contributed by atoms with Crippen molar-refractivity contribution in [2.75, 3.05) is 0 Å². The van der Waals surface area contributed by atoms with E-state index in [1.165, 1.54) is 75.1 Å². The second-order valence-electron chi connectivity index (χ2n) is 14.8. The molecule has 5 heteroatoms. The van der Waals surface area contributed by atoms with E-state index in [2.05, 4.69) is 40.7 Å². The Hall–Kier alpha value is -2.17. The van der Waals surface area contributed by atoms with Gasteiger partial charge in [-0.05, 0) is 110 Å². The number of esters is 1. The number of hydrogen-bond donors (Lipinski definition) is 0. The topological polar surface area (TPSA) is 69.4 Å². The zero-order valence-electron chi connectivity index (χ0n) is 25.7. The van der Waals surface area contributed by atoms with Crippen molar-refractivity contribution in [1.82, 2.24) is 0 Å². The van der Waals surface area contributed by atoms with E-state index in [1.54, 1.807) is 6.92 Å². The van der Waals surface area contributed by atoms with Crippen LogP contribution in [0.1, 0.15) is 121 Å². The van der Waals surface area contributed by atoms with Gasteiger partial charge in [0.15, 0.2) is 0 Å². The van der Waals surface area contributed by atoms with Crippen molar-refractivity contribution in [3.63, 3.8) is 0 Å². The summed E-state index contributed by atoms with van der Waals surface area (Å²) >= 11 is 0. The molecule has 0 amide bonds. The predicted molar refractivity (Wildman–Crippen MR) is 160 cm³/mol. The molecule has 8 unspecified atom stereocenters. The van der Waals surface area contributed by atoms with E-state index in [0.717, 1.165) is 54.8 Å². The van der Waals surface area contributed by atoms with Gasteiger partial charge in [0.05, 0.1) is 10.5 Å². The number of benzene rings is 1. The zero-order valence-corrected chi connectivity index (χ0v) is 25.7. The third kappa shape index (κ3) is 5.27. The summed E-state index contributed by atoms with van der Waals surface area (Å²) in [7, 11) is 0. The van der Waals surface area contributed by atoms with Crippen molar-refractivity contribution in [3.05, 3.63) is 51.1 Å². The van der Waals surface area contributed by atoms with Gasteiger partial charge in [-0.25, -0.2) is 4.79 Å². The maximum atomic E-state index is 13.0. The lowest BCUT2D eigenvalue weighted by molar-refractivity contribution is -0.384.